The molecule has 0 amide bonds. The number of nitrogens with one attached hydrogen (secondary N) is 1. The van der Waals surface area contributed by atoms with E-state index in [1.165, 1.54) is 0 Å². The van der Waals surface area contributed by atoms with E-state index >= 15 is 0 Å². The molecule has 0 aliphatic carbocycles. The van der Waals surface area contributed by atoms with Crippen LogP contribution < -0.4 is 5.32 Å². The first-order valence-electron chi connectivity index (χ1n) is 5.30. The van der Waals surface area contributed by atoms with Crippen LogP contribution in [0.25, 0.3) is 0 Å². The molecule has 0 saturated carbocycles. The van der Waals surface area contributed by atoms with E-state index in [0.29, 0.717) is 6.04 Å². The van der Waals surface area contributed by atoms with Crippen molar-refractivity contribution in [2.75, 3.05) is 13.2 Å². The number of unbranched alkanes of at least 4 members (excludes halogenated alkanes) is 1. The van der Waals surface area contributed by atoms with Gasteiger partial charge in [-0.3, -0.25) is 0 Å². The highest BCUT2D eigenvalue weighted by atomic mass is 16.3. The van der Waals surface area contributed by atoms with Gasteiger partial charge in [-0.15, -0.1) is 12.3 Å². The molecule has 2 heteroatoms. The Morgan fingerprint density at radius 3 is 2.50 bits per heavy atom. The summed E-state index contributed by atoms with van der Waals surface area (Å²) < 4.78 is 0. The van der Waals surface area contributed by atoms with Crippen LogP contribution in [0.2, 0.25) is 0 Å². The minimum Gasteiger partial charge on any atom is -0.396 e. The first-order valence-corrected chi connectivity index (χ1v) is 5.30. The van der Waals surface area contributed by atoms with E-state index in [1.807, 2.05) is 0 Å². The Bertz CT molecular complexity index is 176. The van der Waals surface area contributed by atoms with Crippen LogP contribution in [0.4, 0.5) is 0 Å². The van der Waals surface area contributed by atoms with Gasteiger partial charge >= 0.3 is 0 Å². The topological polar surface area (TPSA) is 32.3 Å². The van der Waals surface area contributed by atoms with Gasteiger partial charge in [0.25, 0.3) is 0 Å². The van der Waals surface area contributed by atoms with E-state index in [0.717, 1.165) is 25.8 Å². The van der Waals surface area contributed by atoms with E-state index in [4.69, 9.17) is 11.5 Å². The Kier molecular flexibility index (Phi) is 6.61. The van der Waals surface area contributed by atoms with Crippen LogP contribution >= 0.6 is 0 Å². The smallest absolute Gasteiger partial charge is 0.0446 e. The number of rotatable bonds is 6. The SMILES string of the molecule is C#CCCCNC(CCO)C(C)(C)C. The monoisotopic (exact) mass is 197 g/mol. The van der Waals surface area contributed by atoms with Crippen LogP contribution in [0.3, 0.4) is 0 Å². The third-order valence-electron chi connectivity index (χ3n) is 2.35. The predicted octanol–water partition coefficient (Wildman–Crippen LogP) is 1.79. The van der Waals surface area contributed by atoms with Crippen LogP contribution in [0, 0.1) is 17.8 Å². The van der Waals surface area contributed by atoms with Crippen molar-refractivity contribution in [2.45, 2.75) is 46.1 Å². The lowest BCUT2D eigenvalue weighted by molar-refractivity contribution is 0.197. The van der Waals surface area contributed by atoms with E-state index in [9.17, 15) is 0 Å². The minimum atomic E-state index is 0.193. The van der Waals surface area contributed by atoms with E-state index in [2.05, 4.69) is 32.0 Å². The zero-order valence-corrected chi connectivity index (χ0v) is 9.64. The summed E-state index contributed by atoms with van der Waals surface area (Å²) in [6.07, 6.45) is 7.81. The molecular formula is C12H23NO. The predicted molar refractivity (Wildman–Crippen MR) is 61.0 cm³/mol. The molecule has 0 aliphatic heterocycles. The molecule has 0 fully saturated rings. The van der Waals surface area contributed by atoms with Crippen LogP contribution in [-0.4, -0.2) is 24.3 Å². The molecule has 0 bridgehead atoms. The lowest BCUT2D eigenvalue weighted by Gasteiger charge is -2.31. The highest BCUT2D eigenvalue weighted by molar-refractivity contribution is 4.84. The molecule has 2 N–H and O–H groups in total. The zero-order valence-electron chi connectivity index (χ0n) is 9.64. The average Bonchev–Trinajstić information content (AvgIpc) is 2.08. The fourth-order valence-electron chi connectivity index (χ4n) is 1.44. The molecule has 0 aliphatic rings. The van der Waals surface area contributed by atoms with Gasteiger partial charge in [-0.05, 0) is 24.8 Å². The number of hydrogen-bond acceptors (Lipinski definition) is 2. The number of terminal acetylenes is 1. The fraction of sp³-hybridized carbons (Fsp3) is 0.833. The quantitative estimate of drug-likeness (QED) is 0.502. The Balaban J connectivity index is 3.81. The van der Waals surface area contributed by atoms with Crippen molar-refractivity contribution in [3.05, 3.63) is 0 Å². The molecule has 2 nitrogen and oxygen atoms in total. The summed E-state index contributed by atoms with van der Waals surface area (Å²) >= 11 is 0. The molecule has 0 aromatic rings. The standard InChI is InChI=1S/C12H23NO/c1-5-6-7-9-13-11(8-10-14)12(2,3)4/h1,11,13-14H,6-10H2,2-4H3. The summed E-state index contributed by atoms with van der Waals surface area (Å²) in [6.45, 7) is 7.72. The van der Waals surface area contributed by atoms with Gasteiger partial charge in [0.05, 0.1) is 0 Å². The molecule has 0 saturated heterocycles. The third kappa shape index (κ3) is 6.01. The Morgan fingerprint density at radius 1 is 1.43 bits per heavy atom. The maximum Gasteiger partial charge on any atom is 0.0446 e. The largest absolute Gasteiger partial charge is 0.396 e. The van der Waals surface area contributed by atoms with Gasteiger partial charge in [0.15, 0.2) is 0 Å². The maximum absolute atomic E-state index is 8.93. The summed E-state index contributed by atoms with van der Waals surface area (Å²) in [7, 11) is 0. The van der Waals surface area contributed by atoms with Crippen molar-refractivity contribution in [2.24, 2.45) is 5.41 Å². The van der Waals surface area contributed by atoms with Crippen molar-refractivity contribution < 1.29 is 5.11 Å². The van der Waals surface area contributed by atoms with Crippen molar-refractivity contribution in [1.29, 1.82) is 0 Å². The second kappa shape index (κ2) is 6.86. The summed E-state index contributed by atoms with van der Waals surface area (Å²) in [5, 5.41) is 12.4. The molecular weight excluding hydrogens is 174 g/mol. The minimum absolute atomic E-state index is 0.193. The molecule has 0 radical (unpaired) electrons. The molecule has 1 atom stereocenters. The molecule has 82 valence electrons. The summed E-state index contributed by atoms with van der Waals surface area (Å²) in [4.78, 5) is 0. The van der Waals surface area contributed by atoms with Crippen LogP contribution in [0.1, 0.15) is 40.0 Å². The molecule has 0 aromatic heterocycles. The van der Waals surface area contributed by atoms with Gasteiger partial charge in [-0.1, -0.05) is 20.8 Å². The summed E-state index contributed by atoms with van der Waals surface area (Å²) in [6, 6.07) is 0.366. The van der Waals surface area contributed by atoms with E-state index in [1.54, 1.807) is 0 Å². The molecule has 0 heterocycles. The van der Waals surface area contributed by atoms with Crippen molar-refractivity contribution >= 4 is 0 Å². The second-order valence-electron chi connectivity index (χ2n) is 4.69. The molecule has 1 unspecified atom stereocenters. The zero-order chi connectivity index (χ0) is 11.0. The number of aliphatic hydroxyl groups excluding tert-OH is 1. The first kappa shape index (κ1) is 13.5. The summed E-state index contributed by atoms with van der Waals surface area (Å²) in [5.74, 6) is 2.62. The van der Waals surface area contributed by atoms with Gasteiger partial charge in [0.1, 0.15) is 0 Å². The van der Waals surface area contributed by atoms with Gasteiger partial charge < -0.3 is 10.4 Å². The van der Waals surface area contributed by atoms with Crippen LogP contribution in [0.5, 0.6) is 0 Å². The van der Waals surface area contributed by atoms with Gasteiger partial charge in [0, 0.05) is 19.1 Å². The molecule has 0 rings (SSSR count). The molecule has 0 spiro atoms. The van der Waals surface area contributed by atoms with Crippen molar-refractivity contribution in [1.82, 2.24) is 5.32 Å². The lowest BCUT2D eigenvalue weighted by Crippen LogP contribution is -2.41. The normalized spacial score (nSPS) is 13.6. The third-order valence-corrected chi connectivity index (χ3v) is 2.35. The van der Waals surface area contributed by atoms with E-state index in [-0.39, 0.29) is 12.0 Å². The maximum atomic E-state index is 8.93. The van der Waals surface area contributed by atoms with Gasteiger partial charge in [0.2, 0.25) is 0 Å². The van der Waals surface area contributed by atoms with Crippen molar-refractivity contribution in [3.8, 4) is 12.3 Å². The highest BCUT2D eigenvalue weighted by Gasteiger charge is 2.22. The van der Waals surface area contributed by atoms with Crippen molar-refractivity contribution in [3.63, 3.8) is 0 Å². The second-order valence-corrected chi connectivity index (χ2v) is 4.69. The molecule has 14 heavy (non-hydrogen) atoms. The van der Waals surface area contributed by atoms with E-state index < -0.39 is 0 Å². The number of aliphatic hydroxyl groups is 1. The molecule has 0 aromatic carbocycles. The lowest BCUT2D eigenvalue weighted by atomic mass is 9.85. The van der Waals surface area contributed by atoms with Crippen LogP contribution in [-0.2, 0) is 0 Å². The Labute approximate surface area is 88.1 Å². The van der Waals surface area contributed by atoms with Gasteiger partial charge in [-0.25, -0.2) is 0 Å². The average molecular weight is 197 g/mol. The first-order chi connectivity index (χ1) is 6.52. The van der Waals surface area contributed by atoms with Gasteiger partial charge in [-0.2, -0.15) is 0 Å². The Hall–Kier alpha value is -0.520. The van der Waals surface area contributed by atoms with Crippen LogP contribution in [0.15, 0.2) is 0 Å². The number of hydrogen-bond donors (Lipinski definition) is 2. The summed E-state index contributed by atoms with van der Waals surface area (Å²) in [5.41, 5.74) is 0.193. The highest BCUT2D eigenvalue weighted by Crippen LogP contribution is 2.21. The fourth-order valence-corrected chi connectivity index (χ4v) is 1.44. The Morgan fingerprint density at radius 2 is 2.07 bits per heavy atom.